The number of rotatable bonds is 12. The molecule has 3 rings (SSSR count). The van der Waals surface area contributed by atoms with E-state index in [1.54, 1.807) is 13.8 Å². The van der Waals surface area contributed by atoms with Crippen LogP contribution in [0.2, 0.25) is 5.02 Å². The fourth-order valence-electron chi connectivity index (χ4n) is 4.41. The zero-order chi connectivity index (χ0) is 30.8. The van der Waals surface area contributed by atoms with Gasteiger partial charge in [-0.05, 0) is 54.9 Å². The number of nitrogens with zero attached hydrogens (tertiary/aromatic N) is 1. The van der Waals surface area contributed by atoms with Gasteiger partial charge in [0.2, 0.25) is 0 Å². The molecule has 0 radical (unpaired) electrons. The molecule has 3 aromatic rings. The highest BCUT2D eigenvalue weighted by Crippen LogP contribution is 2.43. The van der Waals surface area contributed by atoms with Crippen LogP contribution >= 0.6 is 11.6 Å². The summed E-state index contributed by atoms with van der Waals surface area (Å²) < 4.78 is 15.8. The maximum atomic E-state index is 12.7. The third-order valence-electron chi connectivity index (χ3n) is 6.48. The van der Waals surface area contributed by atoms with E-state index >= 15 is 0 Å². The molecule has 0 unspecified atom stereocenters. The van der Waals surface area contributed by atoms with Crippen molar-refractivity contribution < 1.29 is 33.8 Å². The molecule has 3 N–H and O–H groups in total. The van der Waals surface area contributed by atoms with Crippen molar-refractivity contribution in [1.82, 2.24) is 10.5 Å². The number of benzene rings is 2. The number of amides is 1. The van der Waals surface area contributed by atoms with Gasteiger partial charge in [-0.2, -0.15) is 0 Å². The number of ether oxygens (including phenoxy) is 2. The minimum Gasteiger partial charge on any atom is -0.507 e. The first-order valence-electron chi connectivity index (χ1n) is 13.6. The molecule has 224 valence electrons. The standard InChI is InChI=1S/C28H35ClN2O5.C3H6O2/c1-7-27(3,4)15-28(5,6)16-35-18-11-9-17(10-12-18)23-24(26(34)30-8-2)31-36-25(23)19-13-20(29)22(33)14-21(19)32;1-2-5-3-4/h9-14,32-33H,7-8,15-16H2,1-6H3,(H,30,34);3H,2H2,1H3. The Morgan fingerprint density at radius 1 is 1.05 bits per heavy atom. The van der Waals surface area contributed by atoms with Gasteiger partial charge >= 0.3 is 0 Å². The molecule has 1 amide bonds. The van der Waals surface area contributed by atoms with Crippen molar-refractivity contribution in [3.8, 4) is 39.7 Å². The summed E-state index contributed by atoms with van der Waals surface area (Å²) in [6.07, 6.45) is 2.13. The van der Waals surface area contributed by atoms with E-state index in [0.29, 0.717) is 43.1 Å². The average Bonchev–Trinajstić information content (AvgIpc) is 3.35. The van der Waals surface area contributed by atoms with Crippen LogP contribution in [0.25, 0.3) is 22.5 Å². The number of carbonyl (C=O) groups is 2. The van der Waals surface area contributed by atoms with Gasteiger partial charge in [0.1, 0.15) is 17.2 Å². The van der Waals surface area contributed by atoms with E-state index < -0.39 is 5.91 Å². The molecule has 0 atom stereocenters. The van der Waals surface area contributed by atoms with Gasteiger partial charge < -0.3 is 29.5 Å². The van der Waals surface area contributed by atoms with Crippen molar-refractivity contribution in [1.29, 1.82) is 0 Å². The monoisotopic (exact) mass is 588 g/mol. The molecule has 10 heteroatoms. The average molecular weight is 589 g/mol. The number of carbonyl (C=O) groups excluding carboxylic acids is 2. The van der Waals surface area contributed by atoms with Gasteiger partial charge in [0.25, 0.3) is 12.4 Å². The Kier molecular flexibility index (Phi) is 12.1. The number of halogens is 1. The lowest BCUT2D eigenvalue weighted by atomic mass is 9.74. The Bertz CT molecular complexity index is 1300. The van der Waals surface area contributed by atoms with E-state index in [9.17, 15) is 19.8 Å². The Hall–Kier alpha value is -3.72. The maximum Gasteiger partial charge on any atom is 0.293 e. The van der Waals surface area contributed by atoms with Gasteiger partial charge in [-0.3, -0.25) is 9.59 Å². The summed E-state index contributed by atoms with van der Waals surface area (Å²) in [5.74, 6) is -0.0717. The molecule has 0 bridgehead atoms. The SMILES string of the molecule is CCNC(=O)c1noc(-c2cc(Cl)c(O)cc2O)c1-c1ccc(OCC(C)(C)CC(C)(C)CC)cc1.CCOC=O. The second kappa shape index (κ2) is 14.8. The summed E-state index contributed by atoms with van der Waals surface area (Å²) in [5.41, 5.74) is 1.56. The van der Waals surface area contributed by atoms with Crippen molar-refractivity contribution >= 4 is 24.0 Å². The van der Waals surface area contributed by atoms with Crippen LogP contribution in [-0.2, 0) is 9.53 Å². The molecule has 0 aliphatic carbocycles. The van der Waals surface area contributed by atoms with Gasteiger partial charge in [-0.1, -0.05) is 69.9 Å². The summed E-state index contributed by atoms with van der Waals surface area (Å²) in [4.78, 5) is 21.9. The van der Waals surface area contributed by atoms with Crippen molar-refractivity contribution in [2.75, 3.05) is 19.8 Å². The fraction of sp³-hybridized carbons (Fsp3) is 0.452. The number of hydrogen-bond donors (Lipinski definition) is 3. The van der Waals surface area contributed by atoms with Crippen LogP contribution in [0.4, 0.5) is 0 Å². The summed E-state index contributed by atoms with van der Waals surface area (Å²) in [5, 5.41) is 27.0. The second-order valence-corrected chi connectivity index (χ2v) is 11.5. The first-order valence-corrected chi connectivity index (χ1v) is 13.9. The van der Waals surface area contributed by atoms with Gasteiger partial charge in [0, 0.05) is 12.6 Å². The maximum absolute atomic E-state index is 12.7. The van der Waals surface area contributed by atoms with E-state index in [1.165, 1.54) is 6.07 Å². The van der Waals surface area contributed by atoms with Crippen LogP contribution in [0, 0.1) is 10.8 Å². The van der Waals surface area contributed by atoms with Crippen LogP contribution in [0.5, 0.6) is 17.2 Å². The lowest BCUT2D eigenvalue weighted by molar-refractivity contribution is -0.128. The van der Waals surface area contributed by atoms with Crippen molar-refractivity contribution in [3.05, 3.63) is 47.1 Å². The lowest BCUT2D eigenvalue weighted by Gasteiger charge is -2.34. The molecule has 1 heterocycles. The lowest BCUT2D eigenvalue weighted by Crippen LogP contribution is -2.28. The fourth-order valence-corrected chi connectivity index (χ4v) is 4.57. The van der Waals surface area contributed by atoms with Crippen molar-refractivity contribution in [2.45, 2.75) is 61.3 Å². The number of aromatic nitrogens is 1. The van der Waals surface area contributed by atoms with E-state index in [-0.39, 0.29) is 44.4 Å². The number of phenolic OH excluding ortho intramolecular Hbond substituents is 2. The van der Waals surface area contributed by atoms with Gasteiger partial charge in [-0.15, -0.1) is 0 Å². The molecule has 0 aliphatic rings. The topological polar surface area (TPSA) is 131 Å². The van der Waals surface area contributed by atoms with Gasteiger partial charge in [0.05, 0.1) is 29.4 Å². The molecule has 0 spiro atoms. The van der Waals surface area contributed by atoms with E-state index in [2.05, 4.69) is 49.8 Å². The first kappa shape index (κ1) is 33.5. The van der Waals surface area contributed by atoms with Crippen molar-refractivity contribution in [2.24, 2.45) is 10.8 Å². The smallest absolute Gasteiger partial charge is 0.293 e. The first-order chi connectivity index (χ1) is 19.3. The predicted octanol–water partition coefficient (Wildman–Crippen LogP) is 7.23. The molecular weight excluding hydrogens is 548 g/mol. The summed E-state index contributed by atoms with van der Waals surface area (Å²) in [6.45, 7) is 16.6. The zero-order valence-electron chi connectivity index (χ0n) is 24.8. The summed E-state index contributed by atoms with van der Waals surface area (Å²) >= 11 is 6.08. The molecule has 0 fully saturated rings. The third kappa shape index (κ3) is 9.42. The van der Waals surface area contributed by atoms with Crippen molar-refractivity contribution in [3.63, 3.8) is 0 Å². The highest BCUT2D eigenvalue weighted by atomic mass is 35.5. The molecule has 0 saturated heterocycles. The number of phenols is 2. The second-order valence-electron chi connectivity index (χ2n) is 11.1. The molecule has 9 nitrogen and oxygen atoms in total. The highest BCUT2D eigenvalue weighted by Gasteiger charge is 2.29. The molecule has 2 aromatic carbocycles. The minimum absolute atomic E-state index is 0.000897. The highest BCUT2D eigenvalue weighted by molar-refractivity contribution is 6.32. The van der Waals surface area contributed by atoms with Crippen LogP contribution in [-0.4, -0.2) is 47.5 Å². The molecule has 41 heavy (non-hydrogen) atoms. The van der Waals surface area contributed by atoms with Gasteiger partial charge in [0.15, 0.2) is 11.5 Å². The number of aromatic hydroxyl groups is 2. The number of nitrogens with one attached hydrogen (secondary N) is 1. The van der Waals surface area contributed by atoms with Gasteiger partial charge in [-0.25, -0.2) is 0 Å². The zero-order valence-corrected chi connectivity index (χ0v) is 25.6. The normalized spacial score (nSPS) is 11.3. The Balaban J connectivity index is 0.00000108. The minimum atomic E-state index is -0.410. The van der Waals surface area contributed by atoms with Crippen LogP contribution in [0.1, 0.15) is 71.8 Å². The molecule has 0 saturated carbocycles. The number of hydrogen-bond acceptors (Lipinski definition) is 8. The molecular formula is C31H41ClN2O7. The third-order valence-corrected chi connectivity index (χ3v) is 6.78. The molecule has 1 aromatic heterocycles. The Labute approximate surface area is 246 Å². The Morgan fingerprint density at radius 3 is 2.24 bits per heavy atom. The van der Waals surface area contributed by atoms with E-state index in [1.807, 2.05) is 24.3 Å². The molecule has 0 aliphatic heterocycles. The van der Waals surface area contributed by atoms with Crippen LogP contribution in [0.15, 0.2) is 40.9 Å². The Morgan fingerprint density at radius 2 is 1.71 bits per heavy atom. The van der Waals surface area contributed by atoms with E-state index in [4.69, 9.17) is 20.9 Å². The largest absolute Gasteiger partial charge is 0.507 e. The van der Waals surface area contributed by atoms with Crippen LogP contribution in [0.3, 0.4) is 0 Å². The van der Waals surface area contributed by atoms with E-state index in [0.717, 1.165) is 18.9 Å². The van der Waals surface area contributed by atoms with Crippen LogP contribution < -0.4 is 10.1 Å². The predicted molar refractivity (Wildman–Crippen MR) is 159 cm³/mol. The summed E-state index contributed by atoms with van der Waals surface area (Å²) in [6, 6.07) is 9.78. The summed E-state index contributed by atoms with van der Waals surface area (Å²) in [7, 11) is 0. The quantitative estimate of drug-likeness (QED) is 0.189.